The lowest BCUT2D eigenvalue weighted by molar-refractivity contribution is 0.760. The minimum atomic E-state index is -0.191. The smallest absolute Gasteiger partial charge is 0.280 e. The number of benzene rings is 2. The molecule has 3 aromatic heterocycles. The topological polar surface area (TPSA) is 65.1 Å². The van der Waals surface area contributed by atoms with E-state index in [-0.39, 0.29) is 5.56 Å². The number of hydrogen-bond donors (Lipinski definition) is 0. The quantitative estimate of drug-likeness (QED) is 0.437. The molecule has 0 atom stereocenters. The number of aromatic nitrogens is 5. The van der Waals surface area contributed by atoms with Crippen LogP contribution < -0.4 is 5.56 Å². The van der Waals surface area contributed by atoms with Gasteiger partial charge in [-0.25, -0.2) is 4.52 Å². The van der Waals surface area contributed by atoms with Gasteiger partial charge in [0, 0.05) is 11.2 Å². The first-order chi connectivity index (χ1) is 14.5. The van der Waals surface area contributed by atoms with Gasteiger partial charge in [0.2, 0.25) is 0 Å². The molecule has 0 N–H and O–H groups in total. The molecular weight excluding hydrogens is 398 g/mol. The summed E-state index contributed by atoms with van der Waals surface area (Å²) in [7, 11) is 0. The van der Waals surface area contributed by atoms with Crippen molar-refractivity contribution in [1.29, 1.82) is 0 Å². The molecule has 6 nitrogen and oxygen atoms in total. The second-order valence-electron chi connectivity index (χ2n) is 7.37. The summed E-state index contributed by atoms with van der Waals surface area (Å²) in [6.45, 7) is 4.43. The highest BCUT2D eigenvalue weighted by Crippen LogP contribution is 2.29. The number of fused-ring (bicyclic) bond motifs is 3. The maximum absolute atomic E-state index is 13.0. The van der Waals surface area contributed by atoms with E-state index < -0.39 is 0 Å². The summed E-state index contributed by atoms with van der Waals surface area (Å²) >= 11 is 6.02. The Morgan fingerprint density at radius 1 is 0.933 bits per heavy atom. The van der Waals surface area contributed by atoms with E-state index in [1.54, 1.807) is 15.3 Å². The minimum absolute atomic E-state index is 0.191. The van der Waals surface area contributed by atoms with Gasteiger partial charge < -0.3 is 4.57 Å². The van der Waals surface area contributed by atoms with Crippen LogP contribution in [0.5, 0.6) is 0 Å². The Balaban J connectivity index is 1.65. The van der Waals surface area contributed by atoms with E-state index in [9.17, 15) is 4.79 Å². The fourth-order valence-corrected chi connectivity index (χ4v) is 3.79. The van der Waals surface area contributed by atoms with Gasteiger partial charge in [0.05, 0.1) is 17.8 Å². The molecule has 2 aromatic carbocycles. The van der Waals surface area contributed by atoms with E-state index in [1.165, 1.54) is 5.56 Å². The van der Waals surface area contributed by atoms with Crippen LogP contribution in [0.25, 0.3) is 27.8 Å². The van der Waals surface area contributed by atoms with Crippen molar-refractivity contribution >= 4 is 28.3 Å². The maximum atomic E-state index is 13.0. The van der Waals surface area contributed by atoms with Crippen LogP contribution in [-0.4, -0.2) is 24.4 Å². The van der Waals surface area contributed by atoms with Gasteiger partial charge in [0.25, 0.3) is 5.56 Å². The summed E-state index contributed by atoms with van der Waals surface area (Å²) < 4.78 is 3.34. The van der Waals surface area contributed by atoms with Gasteiger partial charge in [-0.15, -0.1) is 10.2 Å². The van der Waals surface area contributed by atoms with Crippen LogP contribution >= 0.6 is 11.6 Å². The second-order valence-corrected chi connectivity index (χ2v) is 7.81. The first kappa shape index (κ1) is 18.5. The fraction of sp³-hybridized carbons (Fsp3) is 0.130. The Bertz CT molecular complexity index is 1450. The van der Waals surface area contributed by atoms with Crippen molar-refractivity contribution < 1.29 is 0 Å². The third kappa shape index (κ3) is 3.06. The molecule has 30 heavy (non-hydrogen) atoms. The SMILES string of the molecule is Cc1ccc(Cn2ccc3c(nnc4c(-c5ccc(Cl)cc5)c(C)nn43)c2=O)cc1. The third-order valence-corrected chi connectivity index (χ3v) is 5.49. The molecule has 0 spiro atoms. The van der Waals surface area contributed by atoms with Gasteiger partial charge in [-0.1, -0.05) is 53.6 Å². The highest BCUT2D eigenvalue weighted by Gasteiger charge is 2.17. The van der Waals surface area contributed by atoms with Gasteiger partial charge in [0.1, 0.15) is 5.52 Å². The van der Waals surface area contributed by atoms with Crippen molar-refractivity contribution in [2.24, 2.45) is 0 Å². The second kappa shape index (κ2) is 7.07. The first-order valence-electron chi connectivity index (χ1n) is 9.58. The largest absolute Gasteiger partial charge is 0.309 e. The predicted octanol–water partition coefficient (Wildman–Crippen LogP) is 4.42. The number of hydrogen-bond acceptors (Lipinski definition) is 4. The van der Waals surface area contributed by atoms with Crippen molar-refractivity contribution in [3.05, 3.63) is 93.0 Å². The lowest BCUT2D eigenvalue weighted by atomic mass is 10.1. The van der Waals surface area contributed by atoms with Crippen LogP contribution in [0.2, 0.25) is 5.02 Å². The summed E-state index contributed by atoms with van der Waals surface area (Å²) in [5.41, 5.74) is 6.22. The van der Waals surface area contributed by atoms with Crippen LogP contribution in [-0.2, 0) is 6.54 Å². The van der Waals surface area contributed by atoms with Crippen LogP contribution in [0.4, 0.5) is 0 Å². The number of rotatable bonds is 3. The van der Waals surface area contributed by atoms with Gasteiger partial charge in [0.15, 0.2) is 11.2 Å². The highest BCUT2D eigenvalue weighted by molar-refractivity contribution is 6.30. The molecule has 0 aliphatic heterocycles. The van der Waals surface area contributed by atoms with Crippen molar-refractivity contribution in [3.63, 3.8) is 0 Å². The van der Waals surface area contributed by atoms with E-state index >= 15 is 0 Å². The molecule has 5 aromatic rings. The van der Waals surface area contributed by atoms with Crippen molar-refractivity contribution in [2.75, 3.05) is 0 Å². The van der Waals surface area contributed by atoms with E-state index in [0.717, 1.165) is 22.4 Å². The summed E-state index contributed by atoms with van der Waals surface area (Å²) in [5.74, 6) is 0. The molecule has 0 saturated heterocycles. The molecule has 5 rings (SSSR count). The highest BCUT2D eigenvalue weighted by atomic mass is 35.5. The summed E-state index contributed by atoms with van der Waals surface area (Å²) in [4.78, 5) is 13.0. The van der Waals surface area contributed by atoms with Crippen molar-refractivity contribution in [2.45, 2.75) is 20.4 Å². The van der Waals surface area contributed by atoms with Gasteiger partial charge in [-0.05, 0) is 43.2 Å². The zero-order chi connectivity index (χ0) is 20.8. The number of aryl methyl sites for hydroxylation is 2. The van der Waals surface area contributed by atoms with Crippen LogP contribution in [0.15, 0.2) is 65.6 Å². The minimum Gasteiger partial charge on any atom is -0.309 e. The lowest BCUT2D eigenvalue weighted by Crippen LogP contribution is -2.22. The van der Waals surface area contributed by atoms with Crippen molar-refractivity contribution in [3.8, 4) is 11.1 Å². The van der Waals surface area contributed by atoms with E-state index in [0.29, 0.717) is 28.2 Å². The molecule has 7 heteroatoms. The van der Waals surface area contributed by atoms with Crippen LogP contribution in [0.1, 0.15) is 16.8 Å². The monoisotopic (exact) mass is 415 g/mol. The van der Waals surface area contributed by atoms with E-state index in [2.05, 4.69) is 15.3 Å². The number of nitrogens with zero attached hydrogens (tertiary/aromatic N) is 5. The number of pyridine rings is 1. The van der Waals surface area contributed by atoms with E-state index in [1.807, 2.05) is 68.4 Å². The first-order valence-corrected chi connectivity index (χ1v) is 9.96. The molecule has 3 heterocycles. The lowest BCUT2D eigenvalue weighted by Gasteiger charge is -2.08. The molecule has 0 aliphatic carbocycles. The average molecular weight is 416 g/mol. The Morgan fingerprint density at radius 3 is 2.40 bits per heavy atom. The Labute approximate surface area is 177 Å². The van der Waals surface area contributed by atoms with Gasteiger partial charge in [-0.2, -0.15) is 5.10 Å². The molecule has 148 valence electrons. The van der Waals surface area contributed by atoms with Crippen LogP contribution in [0.3, 0.4) is 0 Å². The molecule has 0 unspecified atom stereocenters. The van der Waals surface area contributed by atoms with Crippen LogP contribution in [0, 0.1) is 13.8 Å². The van der Waals surface area contributed by atoms with Gasteiger partial charge >= 0.3 is 0 Å². The Kier molecular flexibility index (Phi) is 4.37. The number of halogens is 1. The molecule has 0 radical (unpaired) electrons. The molecular formula is C23H18ClN5O. The molecule has 0 amide bonds. The Morgan fingerprint density at radius 2 is 1.67 bits per heavy atom. The fourth-order valence-electron chi connectivity index (χ4n) is 3.66. The molecule has 0 aliphatic rings. The van der Waals surface area contributed by atoms with Crippen molar-refractivity contribution in [1.82, 2.24) is 24.4 Å². The maximum Gasteiger partial charge on any atom is 0.280 e. The normalized spacial score (nSPS) is 11.4. The summed E-state index contributed by atoms with van der Waals surface area (Å²) in [6, 6.07) is 17.5. The molecule has 0 saturated carbocycles. The summed E-state index contributed by atoms with van der Waals surface area (Å²) in [5, 5.41) is 13.9. The average Bonchev–Trinajstić information content (AvgIpc) is 3.08. The predicted molar refractivity (Wildman–Crippen MR) is 118 cm³/mol. The Hall–Kier alpha value is -3.51. The zero-order valence-corrected chi connectivity index (χ0v) is 17.3. The molecule has 0 fully saturated rings. The zero-order valence-electron chi connectivity index (χ0n) is 16.5. The standard InChI is InChI=1S/C23H18ClN5O/c1-14-3-5-16(6-4-14)13-28-12-11-19-21(23(28)30)25-26-22-20(15(2)27-29(19)22)17-7-9-18(24)10-8-17/h3-12H,13H2,1-2H3. The van der Waals surface area contributed by atoms with Gasteiger partial charge in [-0.3, -0.25) is 4.79 Å². The molecule has 0 bridgehead atoms. The summed E-state index contributed by atoms with van der Waals surface area (Å²) in [6.07, 6.45) is 1.78. The third-order valence-electron chi connectivity index (χ3n) is 5.23. The van der Waals surface area contributed by atoms with E-state index in [4.69, 9.17) is 11.6 Å².